The molecule has 2 aromatic rings. The van der Waals surface area contributed by atoms with Gasteiger partial charge in [-0.15, -0.1) is 0 Å². The largest absolute Gasteiger partial charge is 0.337 e. The Bertz CT molecular complexity index is 681. The number of hydrogen-bond acceptors (Lipinski definition) is 3. The maximum absolute atomic E-state index is 12.6. The summed E-state index contributed by atoms with van der Waals surface area (Å²) in [6.07, 6.45) is 4.93. The first kappa shape index (κ1) is 15.7. The summed E-state index contributed by atoms with van der Waals surface area (Å²) in [5, 5.41) is 0. The molecule has 1 amide bonds. The summed E-state index contributed by atoms with van der Waals surface area (Å²) >= 11 is 0. The van der Waals surface area contributed by atoms with E-state index in [-0.39, 0.29) is 5.91 Å². The number of piperidine rings is 1. The molecule has 0 bridgehead atoms. The molecule has 1 aliphatic heterocycles. The molecule has 23 heavy (non-hydrogen) atoms. The fourth-order valence-electron chi connectivity index (χ4n) is 3.21. The summed E-state index contributed by atoms with van der Waals surface area (Å²) in [5.74, 6) is 1.20. The molecule has 3 rings (SSSR count). The van der Waals surface area contributed by atoms with Crippen molar-refractivity contribution in [1.29, 1.82) is 0 Å². The molecule has 1 aliphatic rings. The maximum Gasteiger partial charge on any atom is 0.272 e. The van der Waals surface area contributed by atoms with Crippen LogP contribution in [0.5, 0.6) is 0 Å². The third-order valence-electron chi connectivity index (χ3n) is 4.45. The lowest BCUT2D eigenvalue weighted by Gasteiger charge is -2.32. The Kier molecular flexibility index (Phi) is 4.70. The highest BCUT2D eigenvalue weighted by Crippen LogP contribution is 2.22. The fraction of sp³-hybridized carbons (Fsp3) is 0.421. The van der Waals surface area contributed by atoms with Crippen molar-refractivity contribution >= 4 is 5.91 Å². The lowest BCUT2D eigenvalue weighted by Crippen LogP contribution is -2.40. The van der Waals surface area contributed by atoms with Crippen LogP contribution in [0, 0.1) is 19.8 Å². The quantitative estimate of drug-likeness (QED) is 0.875. The van der Waals surface area contributed by atoms with Gasteiger partial charge in [-0.25, -0.2) is 9.97 Å². The van der Waals surface area contributed by atoms with Crippen molar-refractivity contribution in [2.24, 2.45) is 5.92 Å². The molecule has 4 nitrogen and oxygen atoms in total. The first-order chi connectivity index (χ1) is 11.1. The molecule has 1 fully saturated rings. The molecular weight excluding hydrogens is 286 g/mol. The van der Waals surface area contributed by atoms with Crippen molar-refractivity contribution in [1.82, 2.24) is 14.9 Å². The van der Waals surface area contributed by atoms with E-state index in [4.69, 9.17) is 0 Å². The third-order valence-corrected chi connectivity index (χ3v) is 4.45. The molecular formula is C19H23N3O. The lowest BCUT2D eigenvalue weighted by molar-refractivity contribution is 0.0667. The van der Waals surface area contributed by atoms with E-state index in [1.165, 1.54) is 17.5 Å². The molecule has 1 aromatic heterocycles. The minimum absolute atomic E-state index is 0.0316. The van der Waals surface area contributed by atoms with Crippen LogP contribution in [0.15, 0.2) is 36.5 Å². The molecule has 0 spiro atoms. The minimum atomic E-state index is 0.0316. The van der Waals surface area contributed by atoms with Crippen molar-refractivity contribution in [3.05, 3.63) is 59.2 Å². The van der Waals surface area contributed by atoms with Crippen molar-refractivity contribution in [2.75, 3.05) is 13.1 Å². The number of benzene rings is 1. The Morgan fingerprint density at radius 3 is 2.74 bits per heavy atom. The van der Waals surface area contributed by atoms with Crippen LogP contribution in [-0.4, -0.2) is 33.9 Å². The monoisotopic (exact) mass is 309 g/mol. The number of aromatic nitrogens is 2. The molecule has 4 heteroatoms. The number of rotatable bonds is 3. The van der Waals surface area contributed by atoms with E-state index in [2.05, 4.69) is 41.2 Å². The van der Waals surface area contributed by atoms with E-state index in [1.807, 2.05) is 11.8 Å². The fourth-order valence-corrected chi connectivity index (χ4v) is 3.21. The van der Waals surface area contributed by atoms with E-state index >= 15 is 0 Å². The highest BCUT2D eigenvalue weighted by Gasteiger charge is 2.25. The van der Waals surface area contributed by atoms with Crippen molar-refractivity contribution in [3.8, 4) is 0 Å². The van der Waals surface area contributed by atoms with Crippen LogP contribution in [0.3, 0.4) is 0 Å². The van der Waals surface area contributed by atoms with Gasteiger partial charge in [0.2, 0.25) is 0 Å². The summed E-state index contributed by atoms with van der Waals surface area (Å²) < 4.78 is 0. The van der Waals surface area contributed by atoms with Crippen LogP contribution in [0.25, 0.3) is 0 Å². The van der Waals surface area contributed by atoms with E-state index in [0.717, 1.165) is 25.9 Å². The molecule has 0 unspecified atom stereocenters. The molecule has 1 atom stereocenters. The average Bonchev–Trinajstić information content (AvgIpc) is 2.56. The molecule has 1 saturated heterocycles. The number of aryl methyl sites for hydroxylation is 2. The van der Waals surface area contributed by atoms with E-state index < -0.39 is 0 Å². The van der Waals surface area contributed by atoms with Gasteiger partial charge in [-0.1, -0.05) is 29.8 Å². The number of carbonyl (C=O) groups is 1. The van der Waals surface area contributed by atoms with Gasteiger partial charge in [0.25, 0.3) is 5.91 Å². The van der Waals surface area contributed by atoms with Gasteiger partial charge < -0.3 is 4.90 Å². The van der Waals surface area contributed by atoms with Crippen molar-refractivity contribution in [3.63, 3.8) is 0 Å². The summed E-state index contributed by atoms with van der Waals surface area (Å²) in [6.45, 7) is 5.56. The van der Waals surface area contributed by atoms with Gasteiger partial charge >= 0.3 is 0 Å². The Morgan fingerprint density at radius 2 is 2.00 bits per heavy atom. The van der Waals surface area contributed by atoms with Crippen molar-refractivity contribution < 1.29 is 4.79 Å². The van der Waals surface area contributed by atoms with Gasteiger partial charge in [-0.2, -0.15) is 0 Å². The van der Waals surface area contributed by atoms with Crippen LogP contribution >= 0.6 is 0 Å². The first-order valence-corrected chi connectivity index (χ1v) is 8.26. The maximum atomic E-state index is 12.6. The van der Waals surface area contributed by atoms with Gasteiger partial charge in [0.1, 0.15) is 11.5 Å². The molecule has 0 saturated carbocycles. The zero-order chi connectivity index (χ0) is 16.2. The van der Waals surface area contributed by atoms with Crippen LogP contribution in [0.1, 0.15) is 40.3 Å². The Morgan fingerprint density at radius 1 is 1.22 bits per heavy atom. The third kappa shape index (κ3) is 3.95. The van der Waals surface area contributed by atoms with Gasteiger partial charge in [-0.3, -0.25) is 4.79 Å². The second-order valence-corrected chi connectivity index (χ2v) is 6.44. The second-order valence-electron chi connectivity index (χ2n) is 6.44. The summed E-state index contributed by atoms with van der Waals surface area (Å²) in [7, 11) is 0. The van der Waals surface area contributed by atoms with Crippen molar-refractivity contribution in [2.45, 2.75) is 33.1 Å². The summed E-state index contributed by atoms with van der Waals surface area (Å²) in [5.41, 5.74) is 3.15. The average molecular weight is 309 g/mol. The van der Waals surface area contributed by atoms with Crippen LogP contribution in [0.2, 0.25) is 0 Å². The number of carbonyl (C=O) groups excluding carboxylic acids is 1. The highest BCUT2D eigenvalue weighted by molar-refractivity contribution is 5.92. The Balaban J connectivity index is 1.66. The van der Waals surface area contributed by atoms with E-state index in [0.29, 0.717) is 17.4 Å². The van der Waals surface area contributed by atoms with Gasteiger partial charge in [0.05, 0.1) is 0 Å². The molecule has 0 aliphatic carbocycles. The summed E-state index contributed by atoms with van der Waals surface area (Å²) in [6, 6.07) is 10.4. The van der Waals surface area contributed by atoms with Gasteiger partial charge in [0, 0.05) is 19.3 Å². The van der Waals surface area contributed by atoms with E-state index in [9.17, 15) is 4.79 Å². The van der Waals surface area contributed by atoms with Crippen LogP contribution in [0.4, 0.5) is 0 Å². The van der Waals surface area contributed by atoms with Crippen LogP contribution < -0.4 is 0 Å². The lowest BCUT2D eigenvalue weighted by atomic mass is 9.91. The van der Waals surface area contributed by atoms with E-state index in [1.54, 1.807) is 12.3 Å². The molecule has 120 valence electrons. The number of nitrogens with zero attached hydrogens (tertiary/aromatic N) is 3. The topological polar surface area (TPSA) is 46.1 Å². The number of hydrogen-bond donors (Lipinski definition) is 0. The zero-order valence-corrected chi connectivity index (χ0v) is 13.8. The minimum Gasteiger partial charge on any atom is -0.337 e. The highest BCUT2D eigenvalue weighted by atomic mass is 16.2. The molecule has 2 heterocycles. The molecule has 0 N–H and O–H groups in total. The Hall–Kier alpha value is -2.23. The number of likely N-dealkylation sites (tertiary alicyclic amines) is 1. The summed E-state index contributed by atoms with van der Waals surface area (Å²) in [4.78, 5) is 22.9. The van der Waals surface area contributed by atoms with Gasteiger partial charge in [0.15, 0.2) is 0 Å². The molecule has 0 radical (unpaired) electrons. The molecule has 1 aromatic carbocycles. The number of amides is 1. The van der Waals surface area contributed by atoms with Crippen LogP contribution in [-0.2, 0) is 6.42 Å². The first-order valence-electron chi connectivity index (χ1n) is 8.26. The Labute approximate surface area is 137 Å². The van der Waals surface area contributed by atoms with Gasteiger partial charge in [-0.05, 0) is 50.7 Å². The predicted molar refractivity (Wildman–Crippen MR) is 90.3 cm³/mol. The predicted octanol–water partition coefficient (Wildman–Crippen LogP) is 3.19. The zero-order valence-electron chi connectivity index (χ0n) is 13.8. The SMILES string of the molecule is Cc1ccc(C[C@@H]2CCCN(C(=O)c3ccnc(C)n3)C2)cc1. The second kappa shape index (κ2) is 6.90. The standard InChI is InChI=1S/C19H23N3O/c1-14-5-7-16(8-6-14)12-17-4-3-11-22(13-17)19(23)18-9-10-20-15(2)21-18/h5-10,17H,3-4,11-13H2,1-2H3/t17-/m0/s1. The normalized spacial score (nSPS) is 18.0. The smallest absolute Gasteiger partial charge is 0.272 e.